The van der Waals surface area contributed by atoms with Crippen LogP contribution in [-0.4, -0.2) is 46.3 Å². The topological polar surface area (TPSA) is 60.8 Å². The molecule has 0 aliphatic rings. The summed E-state index contributed by atoms with van der Waals surface area (Å²) in [6.45, 7) is 7.65. The highest BCUT2D eigenvalue weighted by Crippen LogP contribution is 2.15. The van der Waals surface area contributed by atoms with Crippen LogP contribution in [0.5, 0.6) is 0 Å². The minimum atomic E-state index is -0.951. The SMILES string of the molecule is CCN(CC(C)(C)O)C(=O)c1ccc(C)cc1C#CCO. The number of aliphatic hydroxyl groups excluding tert-OH is 1. The molecule has 0 aromatic heterocycles. The van der Waals surface area contributed by atoms with Crippen LogP contribution in [0.4, 0.5) is 0 Å². The third-order valence-electron chi connectivity index (χ3n) is 2.95. The molecule has 0 radical (unpaired) electrons. The maximum absolute atomic E-state index is 12.6. The van der Waals surface area contributed by atoms with Crippen LogP contribution in [0.3, 0.4) is 0 Å². The molecule has 0 aliphatic carbocycles. The lowest BCUT2D eigenvalue weighted by Gasteiger charge is -2.28. The lowest BCUT2D eigenvalue weighted by molar-refractivity contribution is 0.0314. The Morgan fingerprint density at radius 2 is 2.05 bits per heavy atom. The lowest BCUT2D eigenvalue weighted by Crippen LogP contribution is -2.42. The Balaban J connectivity index is 3.16. The van der Waals surface area contributed by atoms with Gasteiger partial charge in [-0.3, -0.25) is 4.79 Å². The Morgan fingerprint density at radius 3 is 2.57 bits per heavy atom. The number of aliphatic hydroxyl groups is 2. The largest absolute Gasteiger partial charge is 0.389 e. The first-order valence-corrected chi connectivity index (χ1v) is 7.00. The van der Waals surface area contributed by atoms with E-state index < -0.39 is 5.60 Å². The molecule has 0 spiro atoms. The van der Waals surface area contributed by atoms with Crippen LogP contribution in [-0.2, 0) is 0 Å². The summed E-state index contributed by atoms with van der Waals surface area (Å²) in [7, 11) is 0. The molecule has 4 heteroatoms. The number of nitrogens with zero attached hydrogens (tertiary/aromatic N) is 1. The second kappa shape index (κ2) is 7.26. The van der Waals surface area contributed by atoms with Crippen molar-refractivity contribution in [3.63, 3.8) is 0 Å². The van der Waals surface area contributed by atoms with Crippen molar-refractivity contribution in [2.24, 2.45) is 0 Å². The second-order valence-corrected chi connectivity index (χ2v) is 5.64. The maximum atomic E-state index is 12.6. The van der Waals surface area contributed by atoms with Crippen molar-refractivity contribution >= 4 is 5.91 Å². The fraction of sp³-hybridized carbons (Fsp3) is 0.471. The zero-order valence-electron chi connectivity index (χ0n) is 13.1. The standard InChI is InChI=1S/C17H23NO3/c1-5-18(12-17(3,4)21)16(20)15-9-8-13(2)11-14(15)7-6-10-19/h8-9,11,19,21H,5,10,12H2,1-4H3. The van der Waals surface area contributed by atoms with Crippen molar-refractivity contribution in [1.29, 1.82) is 0 Å². The second-order valence-electron chi connectivity index (χ2n) is 5.64. The number of amides is 1. The molecule has 1 aromatic carbocycles. The molecule has 0 bridgehead atoms. The highest BCUT2D eigenvalue weighted by molar-refractivity contribution is 5.97. The van der Waals surface area contributed by atoms with Crippen LogP contribution < -0.4 is 0 Å². The van der Waals surface area contributed by atoms with Gasteiger partial charge in [-0.2, -0.15) is 0 Å². The number of benzene rings is 1. The summed E-state index contributed by atoms with van der Waals surface area (Å²) in [6, 6.07) is 5.43. The number of carbonyl (C=O) groups excluding carboxylic acids is 1. The van der Waals surface area contributed by atoms with Crippen LogP contribution in [0.15, 0.2) is 18.2 Å². The molecular formula is C17H23NO3. The summed E-state index contributed by atoms with van der Waals surface area (Å²) >= 11 is 0. The molecule has 114 valence electrons. The van der Waals surface area contributed by atoms with Gasteiger partial charge < -0.3 is 15.1 Å². The summed E-state index contributed by atoms with van der Waals surface area (Å²) in [5.74, 6) is 5.23. The Kier molecular flexibility index (Phi) is 5.95. The highest BCUT2D eigenvalue weighted by Gasteiger charge is 2.23. The zero-order valence-corrected chi connectivity index (χ0v) is 13.1. The van der Waals surface area contributed by atoms with E-state index in [1.165, 1.54) is 0 Å². The molecule has 21 heavy (non-hydrogen) atoms. The number of likely N-dealkylation sites (N-methyl/N-ethyl adjacent to an activating group) is 1. The van der Waals surface area contributed by atoms with Crippen LogP contribution in [0, 0.1) is 18.8 Å². The van der Waals surface area contributed by atoms with Gasteiger partial charge in [-0.05, 0) is 45.4 Å². The summed E-state index contributed by atoms with van der Waals surface area (Å²) in [5, 5.41) is 18.7. The Morgan fingerprint density at radius 1 is 1.38 bits per heavy atom. The molecule has 0 atom stereocenters. The smallest absolute Gasteiger partial charge is 0.255 e. The van der Waals surface area contributed by atoms with Crippen molar-refractivity contribution in [3.05, 3.63) is 34.9 Å². The van der Waals surface area contributed by atoms with Gasteiger partial charge >= 0.3 is 0 Å². The van der Waals surface area contributed by atoms with Gasteiger partial charge in [-0.25, -0.2) is 0 Å². The third kappa shape index (κ3) is 5.22. The van der Waals surface area contributed by atoms with E-state index in [2.05, 4.69) is 11.8 Å². The summed E-state index contributed by atoms with van der Waals surface area (Å²) in [6.07, 6.45) is 0. The predicted octanol–water partition coefficient (Wildman–Crippen LogP) is 1.57. The van der Waals surface area contributed by atoms with Gasteiger partial charge in [0.25, 0.3) is 5.91 Å². The van der Waals surface area contributed by atoms with Gasteiger partial charge in [0.05, 0.1) is 11.2 Å². The minimum absolute atomic E-state index is 0.165. The number of rotatable bonds is 4. The van der Waals surface area contributed by atoms with Crippen LogP contribution in [0.1, 0.15) is 42.3 Å². The molecule has 4 nitrogen and oxygen atoms in total. The van der Waals surface area contributed by atoms with Crippen molar-refractivity contribution in [2.75, 3.05) is 19.7 Å². The third-order valence-corrected chi connectivity index (χ3v) is 2.95. The van der Waals surface area contributed by atoms with Crippen molar-refractivity contribution in [2.45, 2.75) is 33.3 Å². The fourth-order valence-electron chi connectivity index (χ4n) is 2.05. The van der Waals surface area contributed by atoms with Gasteiger partial charge in [-0.15, -0.1) is 0 Å². The highest BCUT2D eigenvalue weighted by atomic mass is 16.3. The molecule has 0 fully saturated rings. The first-order valence-electron chi connectivity index (χ1n) is 7.00. The van der Waals surface area contributed by atoms with E-state index in [-0.39, 0.29) is 19.1 Å². The van der Waals surface area contributed by atoms with E-state index in [9.17, 15) is 9.90 Å². The lowest BCUT2D eigenvalue weighted by atomic mass is 10.0. The molecule has 0 heterocycles. The number of hydrogen-bond acceptors (Lipinski definition) is 3. The molecule has 0 saturated heterocycles. The van der Waals surface area contributed by atoms with E-state index in [0.29, 0.717) is 17.7 Å². The van der Waals surface area contributed by atoms with Crippen molar-refractivity contribution in [3.8, 4) is 11.8 Å². The fourth-order valence-corrected chi connectivity index (χ4v) is 2.05. The Hall–Kier alpha value is -1.83. The van der Waals surface area contributed by atoms with E-state index in [1.807, 2.05) is 26.0 Å². The summed E-state index contributed by atoms with van der Waals surface area (Å²) in [5.41, 5.74) is 1.14. The molecule has 1 aromatic rings. The van der Waals surface area contributed by atoms with Gasteiger partial charge in [0.1, 0.15) is 6.61 Å². The van der Waals surface area contributed by atoms with Crippen LogP contribution in [0.25, 0.3) is 0 Å². The number of carbonyl (C=O) groups is 1. The number of aryl methyl sites for hydroxylation is 1. The predicted molar refractivity (Wildman–Crippen MR) is 83.0 cm³/mol. The van der Waals surface area contributed by atoms with E-state index in [1.54, 1.807) is 24.8 Å². The molecular weight excluding hydrogens is 266 g/mol. The van der Waals surface area contributed by atoms with Gasteiger partial charge in [0, 0.05) is 18.7 Å². The normalized spacial score (nSPS) is 10.8. The zero-order chi connectivity index (χ0) is 16.0. The van der Waals surface area contributed by atoms with E-state index >= 15 is 0 Å². The van der Waals surface area contributed by atoms with Crippen LogP contribution >= 0.6 is 0 Å². The first kappa shape index (κ1) is 17.2. The average molecular weight is 289 g/mol. The molecule has 2 N–H and O–H groups in total. The van der Waals surface area contributed by atoms with Gasteiger partial charge in [-0.1, -0.05) is 17.9 Å². The minimum Gasteiger partial charge on any atom is -0.389 e. The molecule has 1 amide bonds. The summed E-state index contributed by atoms with van der Waals surface area (Å²) < 4.78 is 0. The molecule has 0 unspecified atom stereocenters. The molecule has 0 saturated carbocycles. The van der Waals surface area contributed by atoms with Crippen molar-refractivity contribution in [1.82, 2.24) is 4.90 Å². The average Bonchev–Trinajstić information content (AvgIpc) is 2.41. The van der Waals surface area contributed by atoms with Crippen LogP contribution in [0.2, 0.25) is 0 Å². The van der Waals surface area contributed by atoms with E-state index in [0.717, 1.165) is 5.56 Å². The summed E-state index contributed by atoms with van der Waals surface area (Å²) in [4.78, 5) is 14.2. The van der Waals surface area contributed by atoms with Crippen molar-refractivity contribution < 1.29 is 15.0 Å². The Bertz CT molecular complexity index is 562. The quantitative estimate of drug-likeness (QED) is 0.827. The van der Waals surface area contributed by atoms with Gasteiger partial charge in [0.2, 0.25) is 0 Å². The van der Waals surface area contributed by atoms with E-state index in [4.69, 9.17) is 5.11 Å². The first-order chi connectivity index (χ1) is 9.78. The number of hydrogen-bond donors (Lipinski definition) is 2. The monoisotopic (exact) mass is 289 g/mol. The molecule has 0 aliphatic heterocycles. The molecule has 1 rings (SSSR count). The maximum Gasteiger partial charge on any atom is 0.255 e. The van der Waals surface area contributed by atoms with Gasteiger partial charge in [0.15, 0.2) is 0 Å². The Labute approximate surface area is 126 Å².